The fraction of sp³-hybridized carbons (Fsp3) is 0.250. The zero-order valence-electron chi connectivity index (χ0n) is 11.9. The molecular weight excluding hydrogens is 270 g/mol. The molecule has 1 unspecified atom stereocenters. The summed E-state index contributed by atoms with van der Waals surface area (Å²) in [6, 6.07) is 10.8. The van der Waals surface area contributed by atoms with Crippen molar-refractivity contribution in [1.29, 1.82) is 0 Å². The van der Waals surface area contributed by atoms with Crippen molar-refractivity contribution in [2.24, 2.45) is 0 Å². The average molecular weight is 287 g/mol. The van der Waals surface area contributed by atoms with Crippen LogP contribution in [0.25, 0.3) is 0 Å². The molecule has 0 aliphatic carbocycles. The number of rotatable bonds is 6. The molecule has 5 nitrogen and oxygen atoms in total. The van der Waals surface area contributed by atoms with Gasteiger partial charge in [-0.1, -0.05) is 12.1 Å². The monoisotopic (exact) mass is 287 g/mol. The number of carboxylic acids is 1. The minimum atomic E-state index is -0.935. The second-order valence-electron chi connectivity index (χ2n) is 4.54. The number of hydrogen-bond acceptors (Lipinski definition) is 4. The number of methoxy groups -OCH3 is 2. The summed E-state index contributed by atoms with van der Waals surface area (Å²) in [5, 5.41) is 9.51. The maximum atomic E-state index is 11.6. The number of aromatic nitrogens is 1. The van der Waals surface area contributed by atoms with E-state index >= 15 is 0 Å². The third kappa shape index (κ3) is 3.51. The van der Waals surface area contributed by atoms with Gasteiger partial charge in [0.2, 0.25) is 0 Å². The fourth-order valence-electron chi connectivity index (χ4n) is 2.17. The molecule has 2 aromatic rings. The fourth-order valence-corrected chi connectivity index (χ4v) is 2.17. The first-order chi connectivity index (χ1) is 10.2. The van der Waals surface area contributed by atoms with E-state index in [2.05, 4.69) is 4.98 Å². The largest absolute Gasteiger partial charge is 0.497 e. The summed E-state index contributed by atoms with van der Waals surface area (Å²) < 4.78 is 10.4. The quantitative estimate of drug-likeness (QED) is 0.884. The number of carboxylic acid groups (broad SMARTS) is 1. The summed E-state index contributed by atoms with van der Waals surface area (Å²) >= 11 is 0. The van der Waals surface area contributed by atoms with Crippen molar-refractivity contribution in [3.63, 3.8) is 0 Å². The molecule has 0 amide bonds. The van der Waals surface area contributed by atoms with Crippen molar-refractivity contribution in [2.75, 3.05) is 14.2 Å². The van der Waals surface area contributed by atoms with Crippen LogP contribution in [0.1, 0.15) is 17.2 Å². The van der Waals surface area contributed by atoms with Gasteiger partial charge >= 0.3 is 5.97 Å². The van der Waals surface area contributed by atoms with Gasteiger partial charge in [0.1, 0.15) is 17.4 Å². The zero-order chi connectivity index (χ0) is 15.2. The topological polar surface area (TPSA) is 68.7 Å². The Kier molecular flexibility index (Phi) is 4.77. The molecule has 2 rings (SSSR count). The minimum Gasteiger partial charge on any atom is -0.497 e. The van der Waals surface area contributed by atoms with E-state index in [4.69, 9.17) is 9.47 Å². The summed E-state index contributed by atoms with van der Waals surface area (Å²) in [4.78, 5) is 15.8. The normalized spacial score (nSPS) is 11.7. The molecule has 0 spiro atoms. The molecule has 1 aromatic carbocycles. The van der Waals surface area contributed by atoms with E-state index in [1.54, 1.807) is 25.4 Å². The molecule has 1 heterocycles. The molecular formula is C16H17NO4. The molecule has 1 atom stereocenters. The van der Waals surface area contributed by atoms with Gasteiger partial charge in [-0.05, 0) is 36.2 Å². The number of benzene rings is 1. The van der Waals surface area contributed by atoms with Crippen molar-refractivity contribution >= 4 is 5.97 Å². The first-order valence-electron chi connectivity index (χ1n) is 6.50. The second kappa shape index (κ2) is 6.74. The first-order valence-corrected chi connectivity index (χ1v) is 6.50. The highest BCUT2D eigenvalue weighted by molar-refractivity contribution is 5.77. The number of carbonyl (C=O) groups is 1. The van der Waals surface area contributed by atoms with Crippen LogP contribution in [0.3, 0.4) is 0 Å². The van der Waals surface area contributed by atoms with Crippen molar-refractivity contribution in [2.45, 2.75) is 12.3 Å². The molecule has 1 aromatic heterocycles. The van der Waals surface area contributed by atoms with Crippen LogP contribution in [0.5, 0.6) is 11.5 Å². The number of aliphatic carboxylic acids is 1. The van der Waals surface area contributed by atoms with Crippen LogP contribution < -0.4 is 9.47 Å². The van der Waals surface area contributed by atoms with Crippen LogP contribution in [-0.4, -0.2) is 30.3 Å². The van der Waals surface area contributed by atoms with Gasteiger partial charge in [0, 0.05) is 6.20 Å². The predicted molar refractivity (Wildman–Crippen MR) is 77.9 cm³/mol. The lowest BCUT2D eigenvalue weighted by Crippen LogP contribution is -2.17. The van der Waals surface area contributed by atoms with Crippen molar-refractivity contribution in [1.82, 2.24) is 4.98 Å². The Balaban J connectivity index is 2.33. The van der Waals surface area contributed by atoms with Crippen LogP contribution in [0, 0.1) is 0 Å². The third-order valence-corrected chi connectivity index (χ3v) is 3.22. The Morgan fingerprint density at radius 1 is 1.24 bits per heavy atom. The van der Waals surface area contributed by atoms with Crippen LogP contribution >= 0.6 is 0 Å². The van der Waals surface area contributed by atoms with Crippen molar-refractivity contribution in [3.05, 3.63) is 53.9 Å². The molecule has 0 saturated carbocycles. The van der Waals surface area contributed by atoms with Crippen molar-refractivity contribution in [3.8, 4) is 11.5 Å². The lowest BCUT2D eigenvalue weighted by molar-refractivity contribution is -0.138. The number of nitrogens with zero attached hydrogens (tertiary/aromatic N) is 1. The molecule has 0 radical (unpaired) electrons. The molecule has 21 heavy (non-hydrogen) atoms. The molecule has 5 heteroatoms. The highest BCUT2D eigenvalue weighted by atomic mass is 16.5. The predicted octanol–water partition coefficient (Wildman–Crippen LogP) is 2.51. The molecule has 0 saturated heterocycles. The Morgan fingerprint density at radius 3 is 2.71 bits per heavy atom. The van der Waals surface area contributed by atoms with Gasteiger partial charge < -0.3 is 14.6 Å². The SMILES string of the molecule is COc1cccc(CC(C(=O)O)c2ncccc2OC)c1. The smallest absolute Gasteiger partial charge is 0.313 e. The summed E-state index contributed by atoms with van der Waals surface area (Å²) in [6.45, 7) is 0. The molecule has 0 fully saturated rings. The first kappa shape index (κ1) is 14.8. The molecule has 0 bridgehead atoms. The second-order valence-corrected chi connectivity index (χ2v) is 4.54. The Bertz CT molecular complexity index is 627. The molecule has 110 valence electrons. The summed E-state index contributed by atoms with van der Waals surface area (Å²) in [7, 11) is 3.08. The minimum absolute atomic E-state index is 0.319. The highest BCUT2D eigenvalue weighted by Gasteiger charge is 2.25. The van der Waals surface area contributed by atoms with Crippen molar-refractivity contribution < 1.29 is 19.4 Å². The Hall–Kier alpha value is -2.56. The van der Waals surface area contributed by atoms with Gasteiger partial charge in [0.25, 0.3) is 0 Å². The average Bonchev–Trinajstić information content (AvgIpc) is 2.52. The number of ether oxygens (including phenoxy) is 2. The van der Waals surface area contributed by atoms with Gasteiger partial charge in [-0.3, -0.25) is 9.78 Å². The Labute approximate surface area is 123 Å². The maximum absolute atomic E-state index is 11.6. The lowest BCUT2D eigenvalue weighted by atomic mass is 9.95. The van der Waals surface area contributed by atoms with E-state index in [-0.39, 0.29) is 0 Å². The highest BCUT2D eigenvalue weighted by Crippen LogP contribution is 2.28. The van der Waals surface area contributed by atoms with E-state index < -0.39 is 11.9 Å². The van der Waals surface area contributed by atoms with Gasteiger partial charge in [-0.15, -0.1) is 0 Å². The van der Waals surface area contributed by atoms with E-state index in [1.165, 1.54) is 7.11 Å². The van der Waals surface area contributed by atoms with E-state index in [9.17, 15) is 9.90 Å². The van der Waals surface area contributed by atoms with Crippen LogP contribution in [0.2, 0.25) is 0 Å². The standard InChI is InChI=1S/C16H17NO4/c1-20-12-6-3-5-11(9-12)10-13(16(18)19)15-14(21-2)7-4-8-17-15/h3-9,13H,10H2,1-2H3,(H,18,19). The summed E-state index contributed by atoms with van der Waals surface area (Å²) in [5.74, 6) is -0.527. The molecule has 1 N–H and O–H groups in total. The van der Waals surface area contributed by atoms with Gasteiger partial charge in [-0.2, -0.15) is 0 Å². The van der Waals surface area contributed by atoms with E-state index in [0.717, 1.165) is 5.56 Å². The van der Waals surface area contributed by atoms with Crippen LogP contribution in [0.15, 0.2) is 42.6 Å². The zero-order valence-corrected chi connectivity index (χ0v) is 11.9. The molecule has 0 aliphatic rings. The third-order valence-electron chi connectivity index (χ3n) is 3.22. The van der Waals surface area contributed by atoms with E-state index in [0.29, 0.717) is 23.6 Å². The molecule has 0 aliphatic heterocycles. The van der Waals surface area contributed by atoms with Gasteiger partial charge in [-0.25, -0.2) is 0 Å². The van der Waals surface area contributed by atoms with Crippen LogP contribution in [0.4, 0.5) is 0 Å². The summed E-state index contributed by atoms with van der Waals surface area (Å²) in [5.41, 5.74) is 1.30. The van der Waals surface area contributed by atoms with Gasteiger partial charge in [0.05, 0.1) is 19.9 Å². The van der Waals surface area contributed by atoms with Gasteiger partial charge in [0.15, 0.2) is 0 Å². The number of hydrogen-bond donors (Lipinski definition) is 1. The van der Waals surface area contributed by atoms with Crippen LogP contribution in [-0.2, 0) is 11.2 Å². The summed E-state index contributed by atoms with van der Waals surface area (Å²) in [6.07, 6.45) is 1.89. The number of pyridine rings is 1. The Morgan fingerprint density at radius 2 is 2.05 bits per heavy atom. The lowest BCUT2D eigenvalue weighted by Gasteiger charge is -2.15. The van der Waals surface area contributed by atoms with E-state index in [1.807, 2.05) is 24.3 Å². The maximum Gasteiger partial charge on any atom is 0.313 e.